The number of benzene rings is 1. The molecule has 0 aliphatic carbocycles. The fourth-order valence-electron chi connectivity index (χ4n) is 1.94. The van der Waals surface area contributed by atoms with Crippen molar-refractivity contribution < 1.29 is 4.79 Å². The third-order valence-electron chi connectivity index (χ3n) is 3.06. The first-order chi connectivity index (χ1) is 10.6. The summed E-state index contributed by atoms with van der Waals surface area (Å²) in [5.41, 5.74) is 0.894. The van der Waals surface area contributed by atoms with E-state index in [1.165, 1.54) is 12.4 Å². The molecule has 0 fully saturated rings. The Kier molecular flexibility index (Phi) is 3.84. The van der Waals surface area contributed by atoms with Crippen LogP contribution in [0.4, 0.5) is 5.69 Å². The number of nitrogens with zero attached hydrogens (tertiary/aromatic N) is 4. The van der Waals surface area contributed by atoms with Crippen molar-refractivity contribution in [3.8, 4) is 5.95 Å². The second-order valence-corrected chi connectivity index (χ2v) is 4.96. The predicted octanol–water partition coefficient (Wildman–Crippen LogP) is 2.88. The van der Waals surface area contributed by atoms with Crippen molar-refractivity contribution in [1.82, 2.24) is 19.5 Å². The van der Waals surface area contributed by atoms with Crippen LogP contribution in [0.5, 0.6) is 0 Å². The third kappa shape index (κ3) is 2.82. The zero-order valence-corrected chi connectivity index (χ0v) is 12.4. The minimum atomic E-state index is -0.305. The number of nitrogens with one attached hydrogen (secondary N) is 1. The molecular weight excluding hydrogens is 302 g/mol. The standard InChI is InChI=1S/C15H12ClN5O/c1-10-17-6-7-21(10)15-18-8-11(9-19-15)20-14(22)12-4-2-3-5-13(12)16/h2-9H,1H3,(H,20,22). The summed E-state index contributed by atoms with van der Waals surface area (Å²) in [7, 11) is 0. The normalized spacial score (nSPS) is 10.5. The van der Waals surface area contributed by atoms with Gasteiger partial charge in [-0.1, -0.05) is 23.7 Å². The number of amides is 1. The van der Waals surface area contributed by atoms with Crippen LogP contribution in [0.2, 0.25) is 5.02 Å². The molecule has 0 atom stereocenters. The van der Waals surface area contributed by atoms with Gasteiger partial charge < -0.3 is 5.32 Å². The van der Waals surface area contributed by atoms with Gasteiger partial charge in [-0.2, -0.15) is 0 Å². The van der Waals surface area contributed by atoms with E-state index in [9.17, 15) is 4.79 Å². The van der Waals surface area contributed by atoms with E-state index in [-0.39, 0.29) is 5.91 Å². The maximum Gasteiger partial charge on any atom is 0.257 e. The number of hydrogen-bond acceptors (Lipinski definition) is 4. The number of halogens is 1. The molecule has 0 saturated heterocycles. The highest BCUT2D eigenvalue weighted by Gasteiger charge is 2.10. The Morgan fingerprint density at radius 2 is 1.91 bits per heavy atom. The fraction of sp³-hybridized carbons (Fsp3) is 0.0667. The van der Waals surface area contributed by atoms with E-state index in [4.69, 9.17) is 11.6 Å². The zero-order chi connectivity index (χ0) is 15.5. The van der Waals surface area contributed by atoms with Crippen LogP contribution in [0.25, 0.3) is 5.95 Å². The van der Waals surface area contributed by atoms with Gasteiger partial charge in [-0.05, 0) is 19.1 Å². The fourth-order valence-corrected chi connectivity index (χ4v) is 2.16. The van der Waals surface area contributed by atoms with Crippen LogP contribution in [0.3, 0.4) is 0 Å². The van der Waals surface area contributed by atoms with Gasteiger partial charge in [0.1, 0.15) is 5.82 Å². The molecular formula is C15H12ClN5O. The van der Waals surface area contributed by atoms with E-state index in [1.807, 2.05) is 6.92 Å². The zero-order valence-electron chi connectivity index (χ0n) is 11.7. The Bertz CT molecular complexity index is 813. The van der Waals surface area contributed by atoms with Crippen LogP contribution >= 0.6 is 11.6 Å². The maximum absolute atomic E-state index is 12.1. The summed E-state index contributed by atoms with van der Waals surface area (Å²) in [4.78, 5) is 24.7. The van der Waals surface area contributed by atoms with Gasteiger partial charge in [-0.15, -0.1) is 0 Å². The quantitative estimate of drug-likeness (QED) is 0.807. The van der Waals surface area contributed by atoms with Gasteiger partial charge in [0.15, 0.2) is 0 Å². The van der Waals surface area contributed by atoms with E-state index in [0.29, 0.717) is 22.2 Å². The highest BCUT2D eigenvalue weighted by molar-refractivity contribution is 6.34. The molecule has 1 aromatic carbocycles. The van der Waals surface area contributed by atoms with Crippen molar-refractivity contribution in [2.45, 2.75) is 6.92 Å². The van der Waals surface area contributed by atoms with Gasteiger partial charge in [-0.25, -0.2) is 15.0 Å². The third-order valence-corrected chi connectivity index (χ3v) is 3.39. The summed E-state index contributed by atoms with van der Waals surface area (Å²) in [5, 5.41) is 3.11. The Morgan fingerprint density at radius 1 is 1.18 bits per heavy atom. The summed E-state index contributed by atoms with van der Waals surface area (Å²) in [5.74, 6) is 0.972. The number of rotatable bonds is 3. The molecule has 0 unspecified atom stereocenters. The smallest absolute Gasteiger partial charge is 0.257 e. The molecule has 3 aromatic rings. The lowest BCUT2D eigenvalue weighted by molar-refractivity contribution is 0.102. The van der Waals surface area contributed by atoms with E-state index in [0.717, 1.165) is 5.82 Å². The van der Waals surface area contributed by atoms with E-state index >= 15 is 0 Å². The molecule has 0 saturated carbocycles. The van der Waals surface area contributed by atoms with Crippen molar-refractivity contribution in [3.05, 3.63) is 65.5 Å². The molecule has 2 aromatic heterocycles. The number of imidazole rings is 1. The second kappa shape index (κ2) is 5.95. The molecule has 0 bridgehead atoms. The molecule has 3 rings (SSSR count). The Labute approximate surface area is 131 Å². The number of carbonyl (C=O) groups is 1. The van der Waals surface area contributed by atoms with Crippen LogP contribution in [0.1, 0.15) is 16.2 Å². The first-order valence-corrected chi connectivity index (χ1v) is 6.91. The first-order valence-electron chi connectivity index (χ1n) is 6.53. The van der Waals surface area contributed by atoms with Gasteiger partial charge in [0.2, 0.25) is 5.95 Å². The number of aryl methyl sites for hydroxylation is 1. The van der Waals surface area contributed by atoms with Crippen LogP contribution in [-0.4, -0.2) is 25.4 Å². The van der Waals surface area contributed by atoms with Gasteiger partial charge >= 0.3 is 0 Å². The Hall–Kier alpha value is -2.73. The first kappa shape index (κ1) is 14.2. The minimum absolute atomic E-state index is 0.305. The molecule has 0 aliphatic heterocycles. The summed E-state index contributed by atoms with van der Waals surface area (Å²) in [6, 6.07) is 6.84. The van der Waals surface area contributed by atoms with Crippen LogP contribution in [0, 0.1) is 6.92 Å². The highest BCUT2D eigenvalue weighted by Crippen LogP contribution is 2.17. The summed E-state index contributed by atoms with van der Waals surface area (Å²) in [6.45, 7) is 1.86. The van der Waals surface area contributed by atoms with E-state index in [1.54, 1.807) is 41.2 Å². The van der Waals surface area contributed by atoms with Crippen LogP contribution in [0.15, 0.2) is 49.1 Å². The molecule has 7 heteroatoms. The van der Waals surface area contributed by atoms with E-state index in [2.05, 4.69) is 20.3 Å². The van der Waals surface area contributed by atoms with E-state index < -0.39 is 0 Å². The summed E-state index contributed by atoms with van der Waals surface area (Å²) in [6.07, 6.45) is 6.52. The molecule has 22 heavy (non-hydrogen) atoms. The molecule has 1 amide bonds. The molecule has 6 nitrogen and oxygen atoms in total. The predicted molar refractivity (Wildman–Crippen MR) is 83.3 cm³/mol. The second-order valence-electron chi connectivity index (χ2n) is 4.55. The maximum atomic E-state index is 12.1. The summed E-state index contributed by atoms with van der Waals surface area (Å²) >= 11 is 5.99. The van der Waals surface area contributed by atoms with Crippen LogP contribution < -0.4 is 5.32 Å². The number of hydrogen-bond donors (Lipinski definition) is 1. The molecule has 0 radical (unpaired) electrons. The lowest BCUT2D eigenvalue weighted by atomic mass is 10.2. The Morgan fingerprint density at radius 3 is 2.55 bits per heavy atom. The lowest BCUT2D eigenvalue weighted by Crippen LogP contribution is -2.13. The molecule has 1 N–H and O–H groups in total. The van der Waals surface area contributed by atoms with Crippen molar-refractivity contribution >= 4 is 23.2 Å². The number of anilines is 1. The van der Waals surface area contributed by atoms with Crippen molar-refractivity contribution in [1.29, 1.82) is 0 Å². The molecule has 0 spiro atoms. The van der Waals surface area contributed by atoms with Gasteiger partial charge in [-0.3, -0.25) is 9.36 Å². The van der Waals surface area contributed by atoms with Crippen molar-refractivity contribution in [3.63, 3.8) is 0 Å². The Balaban J connectivity index is 1.78. The molecule has 2 heterocycles. The van der Waals surface area contributed by atoms with Crippen molar-refractivity contribution in [2.24, 2.45) is 0 Å². The number of aromatic nitrogens is 4. The average Bonchev–Trinajstić information content (AvgIpc) is 2.94. The number of carbonyl (C=O) groups excluding carboxylic acids is 1. The topological polar surface area (TPSA) is 72.7 Å². The van der Waals surface area contributed by atoms with Crippen LogP contribution in [-0.2, 0) is 0 Å². The summed E-state index contributed by atoms with van der Waals surface area (Å²) < 4.78 is 1.75. The lowest BCUT2D eigenvalue weighted by Gasteiger charge is -2.07. The van der Waals surface area contributed by atoms with Gasteiger partial charge in [0.05, 0.1) is 28.7 Å². The molecule has 110 valence electrons. The molecule has 0 aliphatic rings. The van der Waals surface area contributed by atoms with Crippen molar-refractivity contribution in [2.75, 3.05) is 5.32 Å². The highest BCUT2D eigenvalue weighted by atomic mass is 35.5. The minimum Gasteiger partial charge on any atom is -0.319 e. The SMILES string of the molecule is Cc1nccn1-c1ncc(NC(=O)c2ccccc2Cl)cn1. The van der Waals surface area contributed by atoms with Gasteiger partial charge in [0, 0.05) is 12.4 Å². The largest absolute Gasteiger partial charge is 0.319 e. The van der Waals surface area contributed by atoms with Gasteiger partial charge in [0.25, 0.3) is 5.91 Å². The average molecular weight is 314 g/mol. The monoisotopic (exact) mass is 313 g/mol.